The number of nitrogens with zero attached hydrogens (tertiary/aromatic N) is 2. The Morgan fingerprint density at radius 3 is 2.50 bits per heavy atom. The van der Waals surface area contributed by atoms with Crippen LogP contribution in [0.5, 0.6) is 5.75 Å². The molecule has 1 N–H and O–H groups in total. The monoisotopic (exact) mass is 327 g/mol. The number of aryl methyl sites for hydroxylation is 1. The van der Waals surface area contributed by atoms with Gasteiger partial charge in [-0.2, -0.15) is 0 Å². The molecule has 0 saturated heterocycles. The van der Waals surface area contributed by atoms with Crippen molar-refractivity contribution in [2.75, 3.05) is 11.9 Å². The molecule has 1 unspecified atom stereocenters. The molecule has 128 valence electrons. The van der Waals surface area contributed by atoms with Crippen molar-refractivity contribution < 1.29 is 9.53 Å². The largest absolute Gasteiger partial charge is 0.494 e. The van der Waals surface area contributed by atoms with Crippen molar-refractivity contribution in [3.8, 4) is 5.75 Å². The molecule has 1 aromatic carbocycles. The Kier molecular flexibility index (Phi) is 6.29. The summed E-state index contributed by atoms with van der Waals surface area (Å²) in [5.74, 6) is 1.40. The highest BCUT2D eigenvalue weighted by Crippen LogP contribution is 2.23. The normalized spacial score (nSPS) is 11.8. The number of nitrogens with one attached hydrogen (secondary N) is 1. The van der Waals surface area contributed by atoms with Crippen LogP contribution in [0.1, 0.15) is 61.3 Å². The number of anilines is 1. The standard InChI is InChI=1S/C19H25N3O2/c1-5-11-24-16-9-7-15(8-10-16)18(6-2)22-19-20-12-17(14(4)23)13(3)21-19/h7-10,12,18H,5-6,11H2,1-4H3,(H,20,21,22). The first-order valence-electron chi connectivity index (χ1n) is 8.39. The molecule has 2 rings (SSSR count). The van der Waals surface area contributed by atoms with E-state index in [1.165, 1.54) is 6.92 Å². The van der Waals surface area contributed by atoms with E-state index in [1.807, 2.05) is 19.1 Å². The summed E-state index contributed by atoms with van der Waals surface area (Å²) >= 11 is 0. The van der Waals surface area contributed by atoms with Gasteiger partial charge in [-0.25, -0.2) is 9.97 Å². The Morgan fingerprint density at radius 2 is 1.96 bits per heavy atom. The first-order valence-corrected chi connectivity index (χ1v) is 8.39. The topological polar surface area (TPSA) is 64.1 Å². The maximum absolute atomic E-state index is 11.5. The Labute approximate surface area is 143 Å². The summed E-state index contributed by atoms with van der Waals surface area (Å²) in [5.41, 5.74) is 2.41. The minimum Gasteiger partial charge on any atom is -0.494 e. The fourth-order valence-electron chi connectivity index (χ4n) is 2.48. The van der Waals surface area contributed by atoms with Gasteiger partial charge < -0.3 is 10.1 Å². The SMILES string of the molecule is CCCOc1ccc(C(CC)Nc2ncc(C(C)=O)c(C)n2)cc1. The average molecular weight is 327 g/mol. The van der Waals surface area contributed by atoms with Gasteiger partial charge in [-0.15, -0.1) is 0 Å². The highest BCUT2D eigenvalue weighted by atomic mass is 16.5. The molecular weight excluding hydrogens is 302 g/mol. The van der Waals surface area contributed by atoms with E-state index in [4.69, 9.17) is 4.74 Å². The summed E-state index contributed by atoms with van der Waals surface area (Å²) < 4.78 is 5.62. The molecule has 1 aromatic heterocycles. The summed E-state index contributed by atoms with van der Waals surface area (Å²) in [7, 11) is 0. The lowest BCUT2D eigenvalue weighted by Crippen LogP contribution is -2.13. The Hall–Kier alpha value is -2.43. The first-order chi connectivity index (χ1) is 11.5. The number of carbonyl (C=O) groups excluding carboxylic acids is 1. The fraction of sp³-hybridized carbons (Fsp3) is 0.421. The van der Waals surface area contributed by atoms with Gasteiger partial charge in [-0.1, -0.05) is 26.0 Å². The first kappa shape index (κ1) is 17.9. The second-order valence-corrected chi connectivity index (χ2v) is 5.77. The van der Waals surface area contributed by atoms with E-state index in [-0.39, 0.29) is 11.8 Å². The molecule has 0 radical (unpaired) electrons. The lowest BCUT2D eigenvalue weighted by atomic mass is 10.0. The second kappa shape index (κ2) is 8.43. The zero-order valence-corrected chi connectivity index (χ0v) is 14.8. The second-order valence-electron chi connectivity index (χ2n) is 5.77. The van der Waals surface area contributed by atoms with Crippen molar-refractivity contribution in [3.63, 3.8) is 0 Å². The van der Waals surface area contributed by atoms with Gasteiger partial charge in [0, 0.05) is 6.20 Å². The van der Waals surface area contributed by atoms with Crippen LogP contribution in [0.3, 0.4) is 0 Å². The van der Waals surface area contributed by atoms with Gasteiger partial charge in [0.05, 0.1) is 23.9 Å². The number of aromatic nitrogens is 2. The van der Waals surface area contributed by atoms with Crippen LogP contribution in [0.25, 0.3) is 0 Å². The van der Waals surface area contributed by atoms with Gasteiger partial charge >= 0.3 is 0 Å². The molecule has 2 aromatic rings. The third-order valence-electron chi connectivity index (χ3n) is 3.83. The Morgan fingerprint density at radius 1 is 1.25 bits per heavy atom. The van der Waals surface area contributed by atoms with Crippen LogP contribution < -0.4 is 10.1 Å². The molecule has 0 aliphatic carbocycles. The highest BCUT2D eigenvalue weighted by Gasteiger charge is 2.13. The van der Waals surface area contributed by atoms with Gasteiger partial charge in [0.25, 0.3) is 0 Å². The van der Waals surface area contributed by atoms with Crippen LogP contribution in [-0.2, 0) is 0 Å². The van der Waals surface area contributed by atoms with Crippen molar-refractivity contribution in [3.05, 3.63) is 47.3 Å². The summed E-state index contributed by atoms with van der Waals surface area (Å²) in [6.07, 6.45) is 3.47. The van der Waals surface area contributed by atoms with E-state index in [9.17, 15) is 4.79 Å². The number of carbonyl (C=O) groups is 1. The maximum atomic E-state index is 11.5. The minimum atomic E-state index is -0.0197. The summed E-state index contributed by atoms with van der Waals surface area (Å²) in [6, 6.07) is 8.19. The molecule has 0 amide bonds. The van der Waals surface area contributed by atoms with E-state index in [1.54, 1.807) is 6.20 Å². The molecule has 5 heteroatoms. The number of ketones is 1. The van der Waals surface area contributed by atoms with Crippen LogP contribution in [0, 0.1) is 6.92 Å². The number of benzene rings is 1. The van der Waals surface area contributed by atoms with E-state index >= 15 is 0 Å². The van der Waals surface area contributed by atoms with Crippen LogP contribution in [-0.4, -0.2) is 22.4 Å². The lowest BCUT2D eigenvalue weighted by molar-refractivity contribution is 0.101. The van der Waals surface area contributed by atoms with Crippen LogP contribution in [0.15, 0.2) is 30.5 Å². The molecule has 0 bridgehead atoms. The van der Waals surface area contributed by atoms with Crippen molar-refractivity contribution in [2.24, 2.45) is 0 Å². The third-order valence-corrected chi connectivity index (χ3v) is 3.83. The molecule has 24 heavy (non-hydrogen) atoms. The quantitative estimate of drug-likeness (QED) is 0.731. The van der Waals surface area contributed by atoms with Gasteiger partial charge in [-0.3, -0.25) is 4.79 Å². The van der Waals surface area contributed by atoms with E-state index < -0.39 is 0 Å². The van der Waals surface area contributed by atoms with Crippen molar-refractivity contribution in [1.29, 1.82) is 0 Å². The summed E-state index contributed by atoms with van der Waals surface area (Å²) in [6.45, 7) is 8.27. The molecule has 0 aliphatic heterocycles. The predicted molar refractivity (Wildman–Crippen MR) is 95.7 cm³/mol. The average Bonchev–Trinajstić information content (AvgIpc) is 2.58. The molecule has 0 aliphatic rings. The molecule has 1 atom stereocenters. The van der Waals surface area contributed by atoms with Crippen LogP contribution in [0.2, 0.25) is 0 Å². The zero-order chi connectivity index (χ0) is 17.5. The lowest BCUT2D eigenvalue weighted by Gasteiger charge is -2.18. The van der Waals surface area contributed by atoms with Crippen molar-refractivity contribution >= 4 is 11.7 Å². The molecule has 0 spiro atoms. The third kappa shape index (κ3) is 4.54. The molecular formula is C19H25N3O2. The van der Waals surface area contributed by atoms with E-state index in [2.05, 4.69) is 41.3 Å². The van der Waals surface area contributed by atoms with Crippen LogP contribution >= 0.6 is 0 Å². The summed E-state index contributed by atoms with van der Waals surface area (Å²) in [4.78, 5) is 20.1. The number of hydrogen-bond acceptors (Lipinski definition) is 5. The fourth-order valence-corrected chi connectivity index (χ4v) is 2.48. The highest BCUT2D eigenvalue weighted by molar-refractivity contribution is 5.94. The molecule has 0 saturated carbocycles. The molecule has 1 heterocycles. The smallest absolute Gasteiger partial charge is 0.223 e. The zero-order valence-electron chi connectivity index (χ0n) is 14.8. The van der Waals surface area contributed by atoms with E-state index in [0.29, 0.717) is 17.2 Å². The van der Waals surface area contributed by atoms with E-state index in [0.717, 1.165) is 30.8 Å². The summed E-state index contributed by atoms with van der Waals surface area (Å²) in [5, 5.41) is 3.34. The number of hydrogen-bond donors (Lipinski definition) is 1. The van der Waals surface area contributed by atoms with Gasteiger partial charge in [-0.05, 0) is 44.4 Å². The minimum absolute atomic E-state index is 0.0197. The van der Waals surface area contributed by atoms with Crippen molar-refractivity contribution in [2.45, 2.75) is 46.6 Å². The Bertz CT molecular complexity index is 684. The molecule has 5 nitrogen and oxygen atoms in total. The van der Waals surface area contributed by atoms with Crippen molar-refractivity contribution in [1.82, 2.24) is 9.97 Å². The number of ether oxygens (including phenoxy) is 1. The Balaban J connectivity index is 2.11. The van der Waals surface area contributed by atoms with Gasteiger partial charge in [0.15, 0.2) is 5.78 Å². The number of rotatable bonds is 8. The van der Waals surface area contributed by atoms with Gasteiger partial charge in [0.1, 0.15) is 5.75 Å². The van der Waals surface area contributed by atoms with Crippen LogP contribution in [0.4, 0.5) is 5.95 Å². The number of Topliss-reactive ketones (excluding diaryl/α,β-unsaturated/α-hetero) is 1. The maximum Gasteiger partial charge on any atom is 0.223 e. The van der Waals surface area contributed by atoms with Gasteiger partial charge in [0.2, 0.25) is 5.95 Å². The predicted octanol–water partition coefficient (Wildman–Crippen LogP) is 4.34. The molecule has 0 fully saturated rings.